The van der Waals surface area contributed by atoms with Gasteiger partial charge in [0.05, 0.1) is 6.04 Å². The predicted octanol–water partition coefficient (Wildman–Crippen LogP) is -0.778. The minimum Gasteiger partial charge on any atom is -0.480 e. The molecule has 2 atom stereocenters. The predicted molar refractivity (Wildman–Crippen MR) is 40.8 cm³/mol. The molecule has 0 spiro atoms. The summed E-state index contributed by atoms with van der Waals surface area (Å²) in [5.41, 5.74) is 9.52. The lowest BCUT2D eigenvalue weighted by molar-refractivity contribution is -0.141. The van der Waals surface area contributed by atoms with Gasteiger partial charge in [-0.3, -0.25) is 0 Å². The van der Waals surface area contributed by atoms with Crippen LogP contribution in [0.15, 0.2) is 24.3 Å². The standard InChI is InChI=1S/C7H10N2O2/c8-5-3-1-2-4-7(5,9)6(10)11/h1-5H,8-9H2,(H,10,11). The fourth-order valence-corrected chi connectivity index (χ4v) is 0.883. The molecule has 0 bridgehead atoms. The summed E-state index contributed by atoms with van der Waals surface area (Å²) in [6, 6.07) is -0.648. The largest absolute Gasteiger partial charge is 0.480 e. The van der Waals surface area contributed by atoms with Crippen molar-refractivity contribution in [3.8, 4) is 0 Å². The van der Waals surface area contributed by atoms with E-state index >= 15 is 0 Å². The minimum atomic E-state index is -1.44. The third-order valence-corrected chi connectivity index (χ3v) is 1.72. The topological polar surface area (TPSA) is 89.3 Å². The van der Waals surface area contributed by atoms with Gasteiger partial charge in [0.2, 0.25) is 0 Å². The molecule has 0 aliphatic heterocycles. The first kappa shape index (κ1) is 7.97. The van der Waals surface area contributed by atoms with Crippen LogP contribution in [0.2, 0.25) is 0 Å². The molecule has 0 aromatic carbocycles. The van der Waals surface area contributed by atoms with Gasteiger partial charge in [-0.25, -0.2) is 4.79 Å². The third-order valence-electron chi connectivity index (χ3n) is 1.72. The van der Waals surface area contributed by atoms with Gasteiger partial charge in [-0.15, -0.1) is 0 Å². The van der Waals surface area contributed by atoms with Crippen LogP contribution in [-0.2, 0) is 4.79 Å². The van der Waals surface area contributed by atoms with Gasteiger partial charge in [0.1, 0.15) is 0 Å². The van der Waals surface area contributed by atoms with E-state index in [1.807, 2.05) is 0 Å². The molecule has 0 aromatic rings. The Morgan fingerprint density at radius 1 is 1.55 bits per heavy atom. The van der Waals surface area contributed by atoms with Crippen LogP contribution in [0.5, 0.6) is 0 Å². The number of hydrogen-bond acceptors (Lipinski definition) is 3. The van der Waals surface area contributed by atoms with E-state index in [0.717, 1.165) is 0 Å². The molecular weight excluding hydrogens is 144 g/mol. The Kier molecular flexibility index (Phi) is 1.80. The third kappa shape index (κ3) is 1.18. The zero-order valence-corrected chi connectivity index (χ0v) is 5.90. The molecule has 2 unspecified atom stereocenters. The quantitative estimate of drug-likeness (QED) is 0.462. The molecule has 5 N–H and O–H groups in total. The molecule has 1 rings (SSSR count). The van der Waals surface area contributed by atoms with E-state index in [9.17, 15) is 4.79 Å². The average molecular weight is 154 g/mol. The van der Waals surface area contributed by atoms with Gasteiger partial charge in [0.15, 0.2) is 5.54 Å². The smallest absolute Gasteiger partial charge is 0.329 e. The number of nitrogens with two attached hydrogens (primary N) is 2. The van der Waals surface area contributed by atoms with Gasteiger partial charge in [0, 0.05) is 0 Å². The molecule has 60 valence electrons. The van der Waals surface area contributed by atoms with Gasteiger partial charge < -0.3 is 16.6 Å². The molecule has 11 heavy (non-hydrogen) atoms. The Balaban J connectivity index is 2.94. The molecule has 0 radical (unpaired) electrons. The van der Waals surface area contributed by atoms with Crippen molar-refractivity contribution in [1.29, 1.82) is 0 Å². The van der Waals surface area contributed by atoms with Crippen LogP contribution < -0.4 is 11.5 Å². The highest BCUT2D eigenvalue weighted by Crippen LogP contribution is 2.13. The maximum atomic E-state index is 10.6. The minimum absolute atomic E-state index is 0.648. The Labute approximate surface area is 64.2 Å². The number of carbonyl (C=O) groups is 1. The SMILES string of the molecule is NC1C=CC=CC1(N)C(=O)O. The number of rotatable bonds is 1. The van der Waals surface area contributed by atoms with Gasteiger partial charge in [-0.1, -0.05) is 24.3 Å². The second-order valence-corrected chi connectivity index (χ2v) is 2.51. The number of carboxylic acids is 1. The summed E-state index contributed by atoms with van der Waals surface area (Å²) in [5, 5.41) is 8.68. The van der Waals surface area contributed by atoms with Crippen molar-refractivity contribution in [2.24, 2.45) is 11.5 Å². The zero-order chi connectivity index (χ0) is 8.48. The Morgan fingerprint density at radius 2 is 2.18 bits per heavy atom. The van der Waals surface area contributed by atoms with Crippen molar-refractivity contribution in [2.75, 3.05) is 0 Å². The summed E-state index contributed by atoms with van der Waals surface area (Å²) >= 11 is 0. The van der Waals surface area contributed by atoms with E-state index in [4.69, 9.17) is 16.6 Å². The highest BCUT2D eigenvalue weighted by molar-refractivity contribution is 5.83. The van der Waals surface area contributed by atoms with E-state index < -0.39 is 17.6 Å². The molecule has 4 nitrogen and oxygen atoms in total. The fourth-order valence-electron chi connectivity index (χ4n) is 0.883. The van der Waals surface area contributed by atoms with E-state index in [1.165, 1.54) is 6.08 Å². The van der Waals surface area contributed by atoms with Crippen molar-refractivity contribution in [1.82, 2.24) is 0 Å². The molecule has 0 aromatic heterocycles. The second-order valence-electron chi connectivity index (χ2n) is 2.51. The first-order chi connectivity index (χ1) is 5.07. The zero-order valence-electron chi connectivity index (χ0n) is 5.90. The number of aliphatic carboxylic acids is 1. The molecule has 1 aliphatic rings. The molecule has 0 saturated carbocycles. The normalized spacial score (nSPS) is 35.6. The van der Waals surface area contributed by atoms with Crippen molar-refractivity contribution >= 4 is 5.97 Å². The van der Waals surface area contributed by atoms with Crippen LogP contribution in [0.25, 0.3) is 0 Å². The maximum absolute atomic E-state index is 10.6. The summed E-state index contributed by atoms with van der Waals surface area (Å²) in [4.78, 5) is 10.6. The molecule has 0 saturated heterocycles. The Morgan fingerprint density at radius 3 is 2.55 bits per heavy atom. The summed E-state index contributed by atoms with van der Waals surface area (Å²) in [7, 11) is 0. The van der Waals surface area contributed by atoms with Gasteiger partial charge in [0.25, 0.3) is 0 Å². The van der Waals surface area contributed by atoms with Crippen LogP contribution >= 0.6 is 0 Å². The first-order valence-electron chi connectivity index (χ1n) is 3.21. The lowest BCUT2D eigenvalue weighted by atomic mass is 9.88. The lowest BCUT2D eigenvalue weighted by Crippen LogP contribution is -2.59. The van der Waals surface area contributed by atoms with Crippen LogP contribution in [0, 0.1) is 0 Å². The highest BCUT2D eigenvalue weighted by Gasteiger charge is 2.37. The van der Waals surface area contributed by atoms with Crippen LogP contribution in [0.3, 0.4) is 0 Å². The Hall–Kier alpha value is -1.13. The number of carboxylic acid groups (broad SMARTS) is 1. The molecular formula is C7H10N2O2. The van der Waals surface area contributed by atoms with Gasteiger partial charge in [-0.2, -0.15) is 0 Å². The highest BCUT2D eigenvalue weighted by atomic mass is 16.4. The second kappa shape index (κ2) is 2.48. The first-order valence-corrected chi connectivity index (χ1v) is 3.21. The Bertz CT molecular complexity index is 235. The van der Waals surface area contributed by atoms with Crippen molar-refractivity contribution in [2.45, 2.75) is 11.6 Å². The number of hydrogen-bond donors (Lipinski definition) is 3. The van der Waals surface area contributed by atoms with Crippen molar-refractivity contribution in [3.63, 3.8) is 0 Å². The lowest BCUT2D eigenvalue weighted by Gasteiger charge is -2.27. The maximum Gasteiger partial charge on any atom is 0.329 e. The van der Waals surface area contributed by atoms with Crippen molar-refractivity contribution in [3.05, 3.63) is 24.3 Å². The van der Waals surface area contributed by atoms with Gasteiger partial charge >= 0.3 is 5.97 Å². The molecule has 0 fully saturated rings. The summed E-state index contributed by atoms with van der Waals surface area (Å²) in [5.74, 6) is -1.11. The molecule has 0 amide bonds. The van der Waals surface area contributed by atoms with E-state index in [1.54, 1.807) is 18.2 Å². The van der Waals surface area contributed by atoms with Crippen LogP contribution in [-0.4, -0.2) is 22.7 Å². The van der Waals surface area contributed by atoms with E-state index in [0.29, 0.717) is 0 Å². The van der Waals surface area contributed by atoms with Crippen LogP contribution in [0.4, 0.5) is 0 Å². The summed E-state index contributed by atoms with van der Waals surface area (Å²) in [6.07, 6.45) is 6.21. The van der Waals surface area contributed by atoms with Crippen LogP contribution in [0.1, 0.15) is 0 Å². The average Bonchev–Trinajstić information content (AvgIpc) is 1.95. The van der Waals surface area contributed by atoms with E-state index in [2.05, 4.69) is 0 Å². The van der Waals surface area contributed by atoms with Crippen molar-refractivity contribution < 1.29 is 9.90 Å². The summed E-state index contributed by atoms with van der Waals surface area (Å²) in [6.45, 7) is 0. The number of allylic oxidation sites excluding steroid dienone is 2. The summed E-state index contributed by atoms with van der Waals surface area (Å²) < 4.78 is 0. The monoisotopic (exact) mass is 154 g/mol. The fraction of sp³-hybridized carbons (Fsp3) is 0.286. The van der Waals surface area contributed by atoms with Gasteiger partial charge in [-0.05, 0) is 0 Å². The molecule has 4 heteroatoms. The molecule has 1 aliphatic carbocycles. The molecule has 0 heterocycles. The van der Waals surface area contributed by atoms with E-state index in [-0.39, 0.29) is 0 Å².